The first-order chi connectivity index (χ1) is 14.9. The summed E-state index contributed by atoms with van der Waals surface area (Å²) in [4.78, 5) is 26.7. The van der Waals surface area contributed by atoms with Crippen LogP contribution in [-0.2, 0) is 15.3 Å². The number of carbonyl (C=O) groups is 2. The first-order valence-electron chi connectivity index (χ1n) is 9.48. The van der Waals surface area contributed by atoms with Crippen LogP contribution in [0.1, 0.15) is 17.5 Å². The molecule has 0 saturated carbocycles. The van der Waals surface area contributed by atoms with E-state index < -0.39 is 5.92 Å². The van der Waals surface area contributed by atoms with E-state index >= 15 is 0 Å². The van der Waals surface area contributed by atoms with Gasteiger partial charge in [0.15, 0.2) is 4.34 Å². The molecule has 1 saturated heterocycles. The average Bonchev–Trinajstić information content (AvgIpc) is 3.35. The Morgan fingerprint density at radius 1 is 1.19 bits per heavy atom. The predicted molar refractivity (Wildman–Crippen MR) is 126 cm³/mol. The summed E-state index contributed by atoms with van der Waals surface area (Å²) in [5.74, 6) is -0.182. The van der Waals surface area contributed by atoms with Gasteiger partial charge in [-0.3, -0.25) is 9.59 Å². The van der Waals surface area contributed by atoms with Crippen molar-refractivity contribution < 1.29 is 9.59 Å². The van der Waals surface area contributed by atoms with E-state index in [2.05, 4.69) is 15.5 Å². The number of aromatic nitrogens is 2. The minimum atomic E-state index is -0.435. The van der Waals surface area contributed by atoms with Gasteiger partial charge in [0.25, 0.3) is 0 Å². The van der Waals surface area contributed by atoms with Gasteiger partial charge in [0, 0.05) is 34.5 Å². The Morgan fingerprint density at radius 2 is 1.90 bits per heavy atom. The molecule has 6 nitrogen and oxygen atoms in total. The molecule has 1 fully saturated rings. The van der Waals surface area contributed by atoms with E-state index in [-0.39, 0.29) is 18.2 Å². The van der Waals surface area contributed by atoms with Crippen LogP contribution in [0.4, 0.5) is 10.8 Å². The second-order valence-electron chi connectivity index (χ2n) is 7.09. The van der Waals surface area contributed by atoms with Crippen molar-refractivity contribution in [1.82, 2.24) is 10.2 Å². The molecule has 1 unspecified atom stereocenters. The number of benzene rings is 2. The average molecular weight is 493 g/mol. The smallest absolute Gasteiger partial charge is 0.231 e. The van der Waals surface area contributed by atoms with Gasteiger partial charge in [0.2, 0.25) is 16.9 Å². The monoisotopic (exact) mass is 492 g/mol. The lowest BCUT2D eigenvalue weighted by Crippen LogP contribution is -2.28. The van der Waals surface area contributed by atoms with Crippen LogP contribution >= 0.6 is 46.3 Å². The highest BCUT2D eigenvalue weighted by atomic mass is 35.5. The fourth-order valence-corrected chi connectivity index (χ4v) is 5.68. The lowest BCUT2D eigenvalue weighted by molar-refractivity contribution is -0.122. The van der Waals surface area contributed by atoms with Crippen LogP contribution in [0.15, 0.2) is 46.8 Å². The summed E-state index contributed by atoms with van der Waals surface area (Å²) in [6, 6.07) is 13.1. The molecule has 2 aromatic carbocycles. The number of hydrogen-bond donors (Lipinski definition) is 1. The molecule has 0 radical (unpaired) electrons. The van der Waals surface area contributed by atoms with Crippen LogP contribution < -0.4 is 10.2 Å². The van der Waals surface area contributed by atoms with Gasteiger partial charge >= 0.3 is 0 Å². The SMILES string of the molecule is Cc1ccc(N2CC(C(=O)Nc3nnc(SCc4c(Cl)cccc4Cl)s3)CC2=O)cc1. The number of thioether (sulfide) groups is 1. The van der Waals surface area contributed by atoms with E-state index in [1.54, 1.807) is 23.1 Å². The van der Waals surface area contributed by atoms with Crippen LogP contribution in [0.5, 0.6) is 0 Å². The number of halogens is 2. The molecular formula is C21H18Cl2N4O2S2. The van der Waals surface area contributed by atoms with Crippen LogP contribution in [0.3, 0.4) is 0 Å². The number of anilines is 2. The maximum absolute atomic E-state index is 12.7. The quantitative estimate of drug-likeness (QED) is 0.366. The Bertz CT molecular complexity index is 1100. The van der Waals surface area contributed by atoms with Crippen molar-refractivity contribution in [1.29, 1.82) is 0 Å². The van der Waals surface area contributed by atoms with E-state index in [0.717, 1.165) is 16.8 Å². The van der Waals surface area contributed by atoms with Gasteiger partial charge in [0.1, 0.15) is 0 Å². The number of amides is 2. The molecule has 0 aliphatic carbocycles. The summed E-state index contributed by atoms with van der Waals surface area (Å²) in [6.07, 6.45) is 0.172. The van der Waals surface area contributed by atoms with Gasteiger partial charge < -0.3 is 10.2 Å². The molecule has 1 atom stereocenters. The van der Waals surface area contributed by atoms with E-state index in [4.69, 9.17) is 23.2 Å². The molecule has 10 heteroatoms. The molecule has 4 rings (SSSR count). The van der Waals surface area contributed by atoms with Crippen molar-refractivity contribution in [2.75, 3.05) is 16.8 Å². The second kappa shape index (κ2) is 9.56. The van der Waals surface area contributed by atoms with Crippen molar-refractivity contribution in [2.24, 2.45) is 5.92 Å². The number of hydrogen-bond acceptors (Lipinski definition) is 6. The molecule has 0 bridgehead atoms. The number of nitrogens with zero attached hydrogens (tertiary/aromatic N) is 3. The molecule has 3 aromatic rings. The third-order valence-electron chi connectivity index (χ3n) is 4.88. The van der Waals surface area contributed by atoms with Crippen LogP contribution in [0.25, 0.3) is 0 Å². The van der Waals surface area contributed by atoms with Crippen molar-refractivity contribution in [3.05, 3.63) is 63.6 Å². The fraction of sp³-hybridized carbons (Fsp3) is 0.238. The topological polar surface area (TPSA) is 75.2 Å². The summed E-state index contributed by atoms with van der Waals surface area (Å²) < 4.78 is 0.690. The number of nitrogens with one attached hydrogen (secondary N) is 1. The molecule has 160 valence electrons. The van der Waals surface area contributed by atoms with E-state index in [1.165, 1.54) is 23.1 Å². The van der Waals surface area contributed by atoms with Crippen molar-refractivity contribution in [3.63, 3.8) is 0 Å². The lowest BCUT2D eigenvalue weighted by atomic mass is 10.1. The fourth-order valence-electron chi connectivity index (χ4n) is 3.19. The Morgan fingerprint density at radius 3 is 2.61 bits per heavy atom. The molecular weight excluding hydrogens is 475 g/mol. The van der Waals surface area contributed by atoms with Crippen LogP contribution in [0.2, 0.25) is 10.0 Å². The molecule has 1 aromatic heterocycles. The van der Waals surface area contributed by atoms with Gasteiger partial charge in [0.05, 0.1) is 5.92 Å². The molecule has 0 spiro atoms. The molecule has 2 heterocycles. The molecule has 2 amide bonds. The Labute approximate surface area is 198 Å². The van der Waals surface area contributed by atoms with Gasteiger partial charge in [-0.05, 0) is 36.8 Å². The highest BCUT2D eigenvalue weighted by Crippen LogP contribution is 2.34. The Hall–Kier alpha value is -2.13. The third kappa shape index (κ3) is 5.20. The molecule has 31 heavy (non-hydrogen) atoms. The highest BCUT2D eigenvalue weighted by Gasteiger charge is 2.35. The first kappa shape index (κ1) is 22.1. The first-order valence-corrected chi connectivity index (χ1v) is 12.0. The Balaban J connectivity index is 1.35. The van der Waals surface area contributed by atoms with Crippen LogP contribution in [-0.4, -0.2) is 28.6 Å². The van der Waals surface area contributed by atoms with E-state index in [9.17, 15) is 9.59 Å². The predicted octanol–water partition coefficient (Wildman–Crippen LogP) is 5.44. The zero-order chi connectivity index (χ0) is 22.0. The normalized spacial score (nSPS) is 16.0. The maximum Gasteiger partial charge on any atom is 0.231 e. The van der Waals surface area contributed by atoms with Gasteiger partial charge in [-0.25, -0.2) is 0 Å². The molecule has 1 aliphatic rings. The zero-order valence-electron chi connectivity index (χ0n) is 16.5. The van der Waals surface area contributed by atoms with Crippen molar-refractivity contribution in [2.45, 2.75) is 23.4 Å². The van der Waals surface area contributed by atoms with E-state index in [0.29, 0.717) is 31.8 Å². The van der Waals surface area contributed by atoms with E-state index in [1.807, 2.05) is 31.2 Å². The molecule has 1 N–H and O–H groups in total. The minimum absolute atomic E-state index is 0.0610. The second-order valence-corrected chi connectivity index (χ2v) is 10.1. The maximum atomic E-state index is 12.7. The standard InChI is InChI=1S/C21H18Cl2N4O2S2/c1-12-5-7-14(8-6-12)27-10-13(9-18(27)28)19(29)24-20-25-26-21(31-20)30-11-15-16(22)3-2-4-17(15)23/h2-8,13H,9-11H2,1H3,(H,24,25,29). The summed E-state index contributed by atoms with van der Waals surface area (Å²) in [7, 11) is 0. The number of aryl methyl sites for hydroxylation is 1. The third-order valence-corrected chi connectivity index (χ3v) is 7.59. The Kier molecular flexibility index (Phi) is 6.81. The summed E-state index contributed by atoms with van der Waals surface area (Å²) >= 11 is 15.1. The largest absolute Gasteiger partial charge is 0.312 e. The minimum Gasteiger partial charge on any atom is -0.312 e. The van der Waals surface area contributed by atoms with Crippen molar-refractivity contribution in [3.8, 4) is 0 Å². The zero-order valence-corrected chi connectivity index (χ0v) is 19.6. The summed E-state index contributed by atoms with van der Waals surface area (Å²) in [5, 5.41) is 12.5. The lowest BCUT2D eigenvalue weighted by Gasteiger charge is -2.16. The summed E-state index contributed by atoms with van der Waals surface area (Å²) in [6.45, 7) is 2.34. The number of rotatable bonds is 6. The van der Waals surface area contributed by atoms with Gasteiger partial charge in [-0.2, -0.15) is 0 Å². The van der Waals surface area contributed by atoms with Crippen LogP contribution in [0, 0.1) is 12.8 Å². The van der Waals surface area contributed by atoms with Gasteiger partial charge in [-0.15, -0.1) is 10.2 Å². The summed E-state index contributed by atoms with van der Waals surface area (Å²) in [5.41, 5.74) is 2.75. The molecule has 1 aliphatic heterocycles. The van der Waals surface area contributed by atoms with Gasteiger partial charge in [-0.1, -0.05) is 70.1 Å². The highest BCUT2D eigenvalue weighted by molar-refractivity contribution is 8.00. The number of carbonyl (C=O) groups excluding carboxylic acids is 2. The van der Waals surface area contributed by atoms with Crippen molar-refractivity contribution >= 4 is 68.9 Å².